The molecule has 1 spiro atoms. The maximum Gasteiger partial charge on any atom is 0.253 e. The Labute approximate surface area is 283 Å². The molecule has 3 amide bonds. The van der Waals surface area contributed by atoms with Gasteiger partial charge in [0.1, 0.15) is 11.6 Å². The van der Waals surface area contributed by atoms with Crippen LogP contribution in [0.2, 0.25) is 0 Å². The number of fused-ring (bicyclic) bond motifs is 1. The fraction of sp³-hybridized carbons (Fsp3) is 0.375. The summed E-state index contributed by atoms with van der Waals surface area (Å²) in [6.45, 7) is 12.3. The molecule has 1 N–H and O–H groups in total. The molecular weight excluding hydrogens is 602 g/mol. The van der Waals surface area contributed by atoms with Crippen molar-refractivity contribution in [1.29, 1.82) is 0 Å². The predicted molar refractivity (Wildman–Crippen MR) is 186 cm³/mol. The van der Waals surface area contributed by atoms with Gasteiger partial charge in [-0.1, -0.05) is 91.0 Å². The van der Waals surface area contributed by atoms with E-state index < -0.39 is 35.6 Å². The third kappa shape index (κ3) is 5.77. The van der Waals surface area contributed by atoms with Crippen molar-refractivity contribution in [2.45, 2.75) is 63.4 Å². The molecule has 2 bridgehead atoms. The average molecular weight is 648 g/mol. The second-order valence-corrected chi connectivity index (χ2v) is 13.3. The molecule has 2 unspecified atom stereocenters. The number of anilines is 1. The number of amides is 3. The summed E-state index contributed by atoms with van der Waals surface area (Å²) in [5.41, 5.74) is 3.29. The molecule has 3 fully saturated rings. The van der Waals surface area contributed by atoms with Crippen LogP contribution in [0.1, 0.15) is 35.1 Å². The SMILES string of the molecule is C=CCN(Cc1ccccc1)C(=O)[C@@H]1[C@H]2C(=O)N([C@@H](CO)Cc3ccccc3)C(C(=O)N(CC=C)c3c(C)cccc3C)C23CC[C@H]1O3. The lowest BCUT2D eigenvalue weighted by atomic mass is 9.70. The number of para-hydroxylation sites is 1. The van der Waals surface area contributed by atoms with Gasteiger partial charge in [0, 0.05) is 25.3 Å². The lowest BCUT2D eigenvalue weighted by molar-refractivity contribution is -0.147. The zero-order valence-electron chi connectivity index (χ0n) is 27.8. The van der Waals surface area contributed by atoms with Gasteiger partial charge in [-0.25, -0.2) is 0 Å². The van der Waals surface area contributed by atoms with E-state index in [2.05, 4.69) is 13.2 Å². The summed E-state index contributed by atoms with van der Waals surface area (Å²) in [4.78, 5) is 49.6. The van der Waals surface area contributed by atoms with Crippen molar-refractivity contribution in [2.24, 2.45) is 11.8 Å². The Morgan fingerprint density at radius 1 is 0.938 bits per heavy atom. The molecule has 3 aromatic carbocycles. The molecule has 6 atom stereocenters. The summed E-state index contributed by atoms with van der Waals surface area (Å²) < 4.78 is 6.81. The minimum atomic E-state index is -1.22. The lowest BCUT2D eigenvalue weighted by Crippen LogP contribution is -2.59. The monoisotopic (exact) mass is 647 g/mol. The number of rotatable bonds is 13. The molecule has 250 valence electrons. The van der Waals surface area contributed by atoms with Crippen LogP contribution in [-0.2, 0) is 32.1 Å². The molecular formula is C40H45N3O5. The Kier molecular flexibility index (Phi) is 9.67. The van der Waals surface area contributed by atoms with E-state index in [1.165, 1.54) is 0 Å². The summed E-state index contributed by atoms with van der Waals surface area (Å²) in [6, 6.07) is 23.5. The second kappa shape index (κ2) is 13.9. The van der Waals surface area contributed by atoms with Crippen molar-refractivity contribution in [3.8, 4) is 0 Å². The smallest absolute Gasteiger partial charge is 0.253 e. The van der Waals surface area contributed by atoms with Crippen LogP contribution < -0.4 is 4.90 Å². The molecule has 3 aliphatic rings. The molecule has 8 nitrogen and oxygen atoms in total. The second-order valence-electron chi connectivity index (χ2n) is 13.3. The van der Waals surface area contributed by atoms with E-state index in [9.17, 15) is 14.7 Å². The number of aryl methyl sites for hydroxylation is 2. The molecule has 3 aliphatic heterocycles. The first-order valence-electron chi connectivity index (χ1n) is 16.8. The summed E-state index contributed by atoms with van der Waals surface area (Å²) in [5, 5.41) is 10.9. The van der Waals surface area contributed by atoms with Crippen LogP contribution in [0.25, 0.3) is 0 Å². The molecule has 3 aromatic rings. The van der Waals surface area contributed by atoms with Gasteiger partial charge in [-0.3, -0.25) is 14.4 Å². The normalized spacial score (nSPS) is 24.6. The maximum absolute atomic E-state index is 15.2. The Hall–Kier alpha value is -4.53. The van der Waals surface area contributed by atoms with Gasteiger partial charge in [0.2, 0.25) is 11.8 Å². The van der Waals surface area contributed by atoms with Crippen LogP contribution in [0.5, 0.6) is 0 Å². The predicted octanol–water partition coefficient (Wildman–Crippen LogP) is 5.02. The maximum atomic E-state index is 15.2. The average Bonchev–Trinajstić information content (AvgIpc) is 3.74. The van der Waals surface area contributed by atoms with Crippen LogP contribution in [0.3, 0.4) is 0 Å². The van der Waals surface area contributed by atoms with E-state index in [0.717, 1.165) is 27.9 Å². The van der Waals surface area contributed by atoms with Crippen molar-refractivity contribution in [3.05, 3.63) is 126 Å². The number of carbonyl (C=O) groups is 3. The van der Waals surface area contributed by atoms with Crippen LogP contribution in [0, 0.1) is 25.7 Å². The lowest BCUT2D eigenvalue weighted by Gasteiger charge is -2.40. The van der Waals surface area contributed by atoms with Gasteiger partial charge < -0.3 is 24.5 Å². The van der Waals surface area contributed by atoms with Crippen molar-refractivity contribution in [2.75, 3.05) is 24.6 Å². The van der Waals surface area contributed by atoms with Crippen LogP contribution in [0.4, 0.5) is 5.69 Å². The minimum absolute atomic E-state index is 0.182. The summed E-state index contributed by atoms with van der Waals surface area (Å²) in [6.07, 6.45) is 4.24. The van der Waals surface area contributed by atoms with E-state index in [1.54, 1.807) is 26.9 Å². The van der Waals surface area contributed by atoms with Crippen molar-refractivity contribution in [1.82, 2.24) is 9.80 Å². The van der Waals surface area contributed by atoms with Crippen LogP contribution >= 0.6 is 0 Å². The number of carbonyl (C=O) groups excluding carboxylic acids is 3. The molecule has 0 aliphatic carbocycles. The highest BCUT2D eigenvalue weighted by molar-refractivity contribution is 6.05. The van der Waals surface area contributed by atoms with Gasteiger partial charge in [0.15, 0.2) is 0 Å². The molecule has 3 saturated heterocycles. The van der Waals surface area contributed by atoms with Gasteiger partial charge in [-0.15, -0.1) is 13.2 Å². The molecule has 8 heteroatoms. The van der Waals surface area contributed by atoms with E-state index in [4.69, 9.17) is 4.74 Å². The van der Waals surface area contributed by atoms with Crippen LogP contribution in [-0.4, -0.2) is 76.1 Å². The molecule has 0 radical (unpaired) electrons. The van der Waals surface area contributed by atoms with E-state index >= 15 is 4.79 Å². The zero-order chi connectivity index (χ0) is 34.0. The Morgan fingerprint density at radius 2 is 1.56 bits per heavy atom. The quantitative estimate of drug-likeness (QED) is 0.264. The Balaban J connectivity index is 1.44. The topological polar surface area (TPSA) is 90.4 Å². The number of aliphatic hydroxyl groups excluding tert-OH is 1. The summed E-state index contributed by atoms with van der Waals surface area (Å²) in [7, 11) is 0. The van der Waals surface area contributed by atoms with Crippen LogP contribution in [0.15, 0.2) is 104 Å². The molecule has 3 heterocycles. The third-order valence-corrected chi connectivity index (χ3v) is 10.3. The molecule has 6 rings (SSSR count). The first kappa shape index (κ1) is 33.4. The molecule has 48 heavy (non-hydrogen) atoms. The molecule has 0 saturated carbocycles. The summed E-state index contributed by atoms with van der Waals surface area (Å²) in [5.74, 6) is -2.43. The highest BCUT2D eigenvalue weighted by Gasteiger charge is 2.75. The largest absolute Gasteiger partial charge is 0.394 e. The molecule has 0 aromatic heterocycles. The number of hydrogen-bond acceptors (Lipinski definition) is 5. The number of aliphatic hydroxyl groups is 1. The number of nitrogens with zero attached hydrogens (tertiary/aromatic N) is 3. The van der Waals surface area contributed by atoms with Gasteiger partial charge in [0.05, 0.1) is 30.6 Å². The Morgan fingerprint density at radius 3 is 2.17 bits per heavy atom. The standard InChI is InChI=1S/C40H45N3O5/c1-5-22-41(25-30-18-11-8-12-19-30)37(45)33-32-20-21-40(48-32)34(33)38(46)43(31(26-44)24-29-16-9-7-10-17-29)36(40)39(47)42(23-6-2)35-27(3)14-13-15-28(35)4/h5-19,31-34,36,44H,1-2,20-26H2,3-4H3/t31-,32-,33+,34+,36?,40?/m1/s1. The van der Waals surface area contributed by atoms with E-state index in [0.29, 0.717) is 32.4 Å². The van der Waals surface area contributed by atoms with Crippen molar-refractivity contribution in [3.63, 3.8) is 0 Å². The van der Waals surface area contributed by atoms with Gasteiger partial charge in [-0.05, 0) is 55.4 Å². The highest BCUT2D eigenvalue weighted by atomic mass is 16.5. The number of benzene rings is 3. The van der Waals surface area contributed by atoms with E-state index in [-0.39, 0.29) is 30.9 Å². The van der Waals surface area contributed by atoms with Gasteiger partial charge >= 0.3 is 0 Å². The van der Waals surface area contributed by atoms with Gasteiger partial charge in [-0.2, -0.15) is 0 Å². The highest BCUT2D eigenvalue weighted by Crippen LogP contribution is 2.59. The minimum Gasteiger partial charge on any atom is -0.394 e. The zero-order valence-corrected chi connectivity index (χ0v) is 27.8. The van der Waals surface area contributed by atoms with Gasteiger partial charge in [0.25, 0.3) is 5.91 Å². The fourth-order valence-electron chi connectivity index (χ4n) is 8.38. The number of likely N-dealkylation sites (tertiary alicyclic amines) is 1. The van der Waals surface area contributed by atoms with E-state index in [1.807, 2.05) is 92.7 Å². The first-order valence-corrected chi connectivity index (χ1v) is 16.8. The fourth-order valence-corrected chi connectivity index (χ4v) is 8.38. The van der Waals surface area contributed by atoms with Crippen molar-refractivity contribution >= 4 is 23.4 Å². The van der Waals surface area contributed by atoms with Crippen molar-refractivity contribution < 1.29 is 24.2 Å². The first-order chi connectivity index (χ1) is 23.2. The number of hydrogen-bond donors (Lipinski definition) is 1. The summed E-state index contributed by atoms with van der Waals surface area (Å²) >= 11 is 0. The number of ether oxygens (including phenoxy) is 1. The Bertz CT molecular complexity index is 1660. The third-order valence-electron chi connectivity index (χ3n) is 10.3.